The molecule has 0 aliphatic carbocycles. The molecule has 1 aliphatic rings. The first-order chi connectivity index (χ1) is 16.7. The van der Waals surface area contributed by atoms with Gasteiger partial charge >= 0.3 is 17.7 Å². The van der Waals surface area contributed by atoms with E-state index in [1.165, 1.54) is 7.11 Å². The number of esters is 2. The predicted octanol–water partition coefficient (Wildman–Crippen LogP) is 3.20. The van der Waals surface area contributed by atoms with Crippen molar-refractivity contribution in [3.8, 4) is 17.2 Å². The summed E-state index contributed by atoms with van der Waals surface area (Å²) in [5.74, 6) is -3.29. The van der Waals surface area contributed by atoms with Crippen LogP contribution in [-0.4, -0.2) is 55.7 Å². The van der Waals surface area contributed by atoms with Gasteiger partial charge in [-0.15, -0.1) is 0 Å². The molecule has 9 nitrogen and oxygen atoms in total. The minimum atomic E-state index is -2.32. The third kappa shape index (κ3) is 5.98. The van der Waals surface area contributed by atoms with E-state index in [1.807, 2.05) is 13.0 Å². The van der Waals surface area contributed by atoms with Crippen LogP contribution in [-0.2, 0) is 25.5 Å². The van der Waals surface area contributed by atoms with Crippen LogP contribution in [0.5, 0.6) is 17.2 Å². The molecule has 2 atom stereocenters. The van der Waals surface area contributed by atoms with Gasteiger partial charge in [-0.1, -0.05) is 23.7 Å². The third-order valence-corrected chi connectivity index (χ3v) is 5.68. The minimum absolute atomic E-state index is 0.0147. The van der Waals surface area contributed by atoms with Crippen molar-refractivity contribution in [2.75, 3.05) is 26.9 Å². The van der Waals surface area contributed by atoms with Gasteiger partial charge in [-0.2, -0.15) is 0 Å². The largest absolute Gasteiger partial charge is 0.495 e. The highest BCUT2D eigenvalue weighted by Gasteiger charge is 2.59. The molecule has 0 aromatic heterocycles. The Kier molecular flexibility index (Phi) is 8.82. The van der Waals surface area contributed by atoms with E-state index in [4.69, 9.17) is 35.3 Å². The molecule has 0 radical (unpaired) electrons. The van der Waals surface area contributed by atoms with Gasteiger partial charge in [0.15, 0.2) is 11.5 Å². The molecule has 0 amide bonds. The first-order valence-electron chi connectivity index (χ1n) is 11.3. The molecular formula is C25H30ClNO8. The highest BCUT2D eigenvalue weighted by molar-refractivity contribution is 6.32. The molecule has 3 rings (SSSR count). The number of rotatable bonds is 11. The molecule has 0 spiro atoms. The van der Waals surface area contributed by atoms with E-state index in [1.54, 1.807) is 44.2 Å². The summed E-state index contributed by atoms with van der Waals surface area (Å²) in [4.78, 5) is 25.0. The predicted molar refractivity (Wildman–Crippen MR) is 128 cm³/mol. The molecule has 0 bridgehead atoms. The molecule has 190 valence electrons. The zero-order valence-electron chi connectivity index (χ0n) is 20.1. The number of fused-ring (bicyclic) bond motifs is 1. The zero-order chi connectivity index (χ0) is 25.6. The number of carbonyl (C=O) groups is 2. The lowest BCUT2D eigenvalue weighted by Gasteiger charge is -2.22. The van der Waals surface area contributed by atoms with Crippen molar-refractivity contribution < 1.29 is 38.4 Å². The molecule has 0 fully saturated rings. The van der Waals surface area contributed by atoms with Gasteiger partial charge in [0.25, 0.3) is 0 Å². The fourth-order valence-electron chi connectivity index (χ4n) is 3.62. The lowest BCUT2D eigenvalue weighted by Crippen LogP contribution is -2.55. The summed E-state index contributed by atoms with van der Waals surface area (Å²) >= 11 is 6.05. The van der Waals surface area contributed by atoms with Crippen LogP contribution in [0.15, 0.2) is 36.4 Å². The van der Waals surface area contributed by atoms with Crippen LogP contribution in [0.2, 0.25) is 5.02 Å². The van der Waals surface area contributed by atoms with E-state index < -0.39 is 23.8 Å². The van der Waals surface area contributed by atoms with Crippen LogP contribution in [0.3, 0.4) is 0 Å². The number of aliphatic hydroxyl groups excluding tert-OH is 1. The van der Waals surface area contributed by atoms with Gasteiger partial charge in [0, 0.05) is 12.6 Å². The van der Waals surface area contributed by atoms with E-state index >= 15 is 0 Å². The molecule has 0 saturated heterocycles. The van der Waals surface area contributed by atoms with Gasteiger partial charge in [0.1, 0.15) is 5.75 Å². The second-order valence-corrected chi connectivity index (χ2v) is 8.37. The number of aliphatic hydroxyl groups is 1. The van der Waals surface area contributed by atoms with E-state index in [-0.39, 0.29) is 30.8 Å². The lowest BCUT2D eigenvalue weighted by molar-refractivity contribution is -0.202. The highest BCUT2D eigenvalue weighted by Crippen LogP contribution is 2.41. The Balaban J connectivity index is 1.64. The van der Waals surface area contributed by atoms with E-state index in [0.29, 0.717) is 29.3 Å². The number of halogens is 1. The Labute approximate surface area is 209 Å². The molecule has 10 heteroatoms. The van der Waals surface area contributed by atoms with Crippen molar-refractivity contribution in [1.29, 1.82) is 0 Å². The number of ether oxygens (including phenoxy) is 5. The molecule has 35 heavy (non-hydrogen) atoms. The molecule has 2 aromatic carbocycles. The molecule has 2 unspecified atom stereocenters. The van der Waals surface area contributed by atoms with Gasteiger partial charge < -0.3 is 34.1 Å². The summed E-state index contributed by atoms with van der Waals surface area (Å²) in [6, 6.07) is 10.3. The van der Waals surface area contributed by atoms with Crippen molar-refractivity contribution in [3.63, 3.8) is 0 Å². The van der Waals surface area contributed by atoms with Gasteiger partial charge in [-0.05, 0) is 62.6 Å². The Morgan fingerprint density at radius 3 is 2.34 bits per heavy atom. The number of methoxy groups -OCH3 is 1. The van der Waals surface area contributed by atoms with Crippen LogP contribution in [0.25, 0.3) is 0 Å². The van der Waals surface area contributed by atoms with Crippen LogP contribution < -0.4 is 19.5 Å². The molecule has 2 aromatic rings. The Hall–Kier alpha value is -3.01. The summed E-state index contributed by atoms with van der Waals surface area (Å²) in [5.41, 5.74) is 1.56. The minimum Gasteiger partial charge on any atom is -0.495 e. The second-order valence-electron chi connectivity index (χ2n) is 7.97. The monoisotopic (exact) mass is 507 g/mol. The molecular weight excluding hydrogens is 478 g/mol. The summed E-state index contributed by atoms with van der Waals surface area (Å²) < 4.78 is 26.5. The first kappa shape index (κ1) is 26.6. The average molecular weight is 508 g/mol. The van der Waals surface area contributed by atoms with E-state index in [0.717, 1.165) is 5.56 Å². The second kappa shape index (κ2) is 11.6. The number of nitrogens with one attached hydrogen (secondary N) is 1. The van der Waals surface area contributed by atoms with Crippen LogP contribution in [0, 0.1) is 0 Å². The summed E-state index contributed by atoms with van der Waals surface area (Å²) in [6.07, 6.45) is -0.172. The number of carbonyl (C=O) groups excluding carboxylic acids is 2. The summed E-state index contributed by atoms with van der Waals surface area (Å²) in [6.45, 7) is 5.61. The van der Waals surface area contributed by atoms with Crippen molar-refractivity contribution in [2.24, 2.45) is 0 Å². The Morgan fingerprint density at radius 1 is 1.06 bits per heavy atom. The number of benzene rings is 2. The highest BCUT2D eigenvalue weighted by atomic mass is 35.5. The van der Waals surface area contributed by atoms with Crippen molar-refractivity contribution in [2.45, 2.75) is 45.1 Å². The van der Waals surface area contributed by atoms with E-state index in [9.17, 15) is 14.7 Å². The molecule has 0 saturated carbocycles. The van der Waals surface area contributed by atoms with Gasteiger partial charge in [0.05, 0.1) is 31.5 Å². The van der Waals surface area contributed by atoms with Gasteiger partial charge in [0.2, 0.25) is 0 Å². The SMILES string of the molecule is CCOC(=O)C1(C(=O)OCC)Oc2ccc(CC(C)NCC(O)c3ccc(Cl)c(OC)c3)cc2O1. The third-order valence-electron chi connectivity index (χ3n) is 5.37. The Morgan fingerprint density at radius 2 is 1.71 bits per heavy atom. The van der Waals surface area contributed by atoms with Crippen LogP contribution >= 0.6 is 11.6 Å². The fraction of sp³-hybridized carbons (Fsp3) is 0.440. The fourth-order valence-corrected chi connectivity index (χ4v) is 3.81. The average Bonchev–Trinajstić information content (AvgIpc) is 3.23. The summed E-state index contributed by atoms with van der Waals surface area (Å²) in [5, 5.41) is 14.3. The van der Waals surface area contributed by atoms with E-state index in [2.05, 4.69) is 5.32 Å². The first-order valence-corrected chi connectivity index (χ1v) is 11.7. The Bertz CT molecular complexity index is 1040. The van der Waals surface area contributed by atoms with Crippen LogP contribution in [0.4, 0.5) is 0 Å². The maximum Gasteiger partial charge on any atom is 0.453 e. The van der Waals surface area contributed by atoms with Gasteiger partial charge in [-0.3, -0.25) is 0 Å². The molecule has 1 aliphatic heterocycles. The normalized spacial score (nSPS) is 15.3. The molecule has 1 heterocycles. The standard InChI is InChI=1S/C25H30ClNO8/c1-5-32-23(29)25(24(30)33-6-2)34-20-10-7-16(12-22(20)35-25)11-15(3)27-14-19(28)17-8-9-18(26)21(13-17)31-4/h7-10,12-13,15,19,27-28H,5-6,11,14H2,1-4H3. The quantitative estimate of drug-likeness (QED) is 0.349. The number of hydrogen-bond donors (Lipinski definition) is 2. The maximum atomic E-state index is 12.5. The smallest absolute Gasteiger partial charge is 0.453 e. The number of hydrogen-bond acceptors (Lipinski definition) is 9. The molecule has 2 N–H and O–H groups in total. The van der Waals surface area contributed by atoms with Crippen molar-refractivity contribution in [1.82, 2.24) is 5.32 Å². The van der Waals surface area contributed by atoms with Gasteiger partial charge in [-0.25, -0.2) is 9.59 Å². The topological polar surface area (TPSA) is 113 Å². The van der Waals surface area contributed by atoms with Crippen LogP contribution in [0.1, 0.15) is 38.0 Å². The van der Waals surface area contributed by atoms with Crippen molar-refractivity contribution in [3.05, 3.63) is 52.5 Å². The summed E-state index contributed by atoms with van der Waals surface area (Å²) in [7, 11) is 1.52. The lowest BCUT2D eigenvalue weighted by atomic mass is 10.1. The zero-order valence-corrected chi connectivity index (χ0v) is 20.9. The maximum absolute atomic E-state index is 12.5. The van der Waals surface area contributed by atoms with Crippen molar-refractivity contribution >= 4 is 23.5 Å².